The number of aliphatic hydroxyl groups excluding tert-OH is 2. The van der Waals surface area contributed by atoms with Crippen molar-refractivity contribution < 1.29 is 23.4 Å². The summed E-state index contributed by atoms with van der Waals surface area (Å²) >= 11 is 2.85. The van der Waals surface area contributed by atoms with E-state index < -0.39 is 30.2 Å². The molecule has 16 heavy (non-hydrogen) atoms. The molecular formula is C9H9BrF3NO2. The molecule has 1 unspecified atom stereocenters. The lowest BCUT2D eigenvalue weighted by molar-refractivity contribution is 0.105. The fourth-order valence-corrected chi connectivity index (χ4v) is 1.53. The number of aliphatic hydroxyl groups is 2. The molecule has 0 saturated heterocycles. The summed E-state index contributed by atoms with van der Waals surface area (Å²) in [6.07, 6.45) is -1.11. The molecule has 0 aliphatic carbocycles. The maximum absolute atomic E-state index is 13.2. The highest BCUT2D eigenvalue weighted by Gasteiger charge is 2.17. The Morgan fingerprint density at radius 2 is 1.94 bits per heavy atom. The normalized spacial score (nSPS) is 12.6. The average molecular weight is 300 g/mol. The molecule has 0 aromatic heterocycles. The molecule has 0 bridgehead atoms. The van der Waals surface area contributed by atoms with Crippen LogP contribution in [-0.4, -0.2) is 29.5 Å². The number of anilines is 1. The molecule has 1 atom stereocenters. The summed E-state index contributed by atoms with van der Waals surface area (Å²) in [6, 6.07) is 0.770. The Hall–Kier alpha value is -0.790. The molecule has 0 amide bonds. The zero-order valence-electron chi connectivity index (χ0n) is 7.98. The predicted octanol–water partition coefficient (Wildman–Crippen LogP) is 1.63. The number of hydrogen-bond donors (Lipinski definition) is 3. The summed E-state index contributed by atoms with van der Waals surface area (Å²) in [4.78, 5) is 0. The van der Waals surface area contributed by atoms with Gasteiger partial charge in [-0.25, -0.2) is 13.2 Å². The largest absolute Gasteiger partial charge is 0.394 e. The molecule has 0 fully saturated rings. The Morgan fingerprint density at radius 3 is 2.50 bits per heavy atom. The third kappa shape index (κ3) is 2.87. The van der Waals surface area contributed by atoms with E-state index in [0.717, 1.165) is 6.07 Å². The summed E-state index contributed by atoms with van der Waals surface area (Å²) in [5.41, 5.74) is -0.300. The van der Waals surface area contributed by atoms with Crippen LogP contribution in [0.2, 0.25) is 0 Å². The van der Waals surface area contributed by atoms with Crippen LogP contribution in [0.5, 0.6) is 0 Å². The summed E-state index contributed by atoms with van der Waals surface area (Å²) in [5, 5.41) is 19.9. The first-order chi connectivity index (χ1) is 7.47. The van der Waals surface area contributed by atoms with Crippen LogP contribution in [0.4, 0.5) is 18.9 Å². The van der Waals surface area contributed by atoms with E-state index in [1.54, 1.807) is 0 Å². The van der Waals surface area contributed by atoms with Crippen molar-refractivity contribution in [2.75, 3.05) is 18.5 Å². The third-order valence-electron chi connectivity index (χ3n) is 1.84. The number of halogens is 4. The Kier molecular flexibility index (Phi) is 4.57. The van der Waals surface area contributed by atoms with Gasteiger partial charge in [0, 0.05) is 11.0 Å². The van der Waals surface area contributed by atoms with Crippen LogP contribution in [0.25, 0.3) is 0 Å². The van der Waals surface area contributed by atoms with Gasteiger partial charge in [-0.1, -0.05) is 0 Å². The molecule has 0 aliphatic heterocycles. The SMILES string of the molecule is OCC(O)CNc1c(Br)cc(F)c(F)c1F. The Balaban J connectivity index is 2.92. The molecular weight excluding hydrogens is 291 g/mol. The number of nitrogens with one attached hydrogen (secondary N) is 1. The fourth-order valence-electron chi connectivity index (χ4n) is 1.01. The minimum atomic E-state index is -1.59. The highest BCUT2D eigenvalue weighted by molar-refractivity contribution is 9.10. The van der Waals surface area contributed by atoms with Gasteiger partial charge < -0.3 is 15.5 Å². The number of benzene rings is 1. The highest BCUT2D eigenvalue weighted by atomic mass is 79.9. The van der Waals surface area contributed by atoms with Crippen LogP contribution in [0.15, 0.2) is 10.5 Å². The van der Waals surface area contributed by atoms with Crippen molar-refractivity contribution in [2.45, 2.75) is 6.10 Å². The van der Waals surface area contributed by atoms with Gasteiger partial charge >= 0.3 is 0 Å². The van der Waals surface area contributed by atoms with E-state index in [-0.39, 0.29) is 16.7 Å². The maximum atomic E-state index is 13.2. The molecule has 0 radical (unpaired) electrons. The van der Waals surface area contributed by atoms with Gasteiger partial charge in [0.1, 0.15) is 0 Å². The smallest absolute Gasteiger partial charge is 0.196 e. The van der Waals surface area contributed by atoms with Crippen LogP contribution in [0, 0.1) is 17.5 Å². The van der Waals surface area contributed by atoms with Crippen LogP contribution in [0.3, 0.4) is 0 Å². The Morgan fingerprint density at radius 1 is 1.31 bits per heavy atom. The van der Waals surface area contributed by atoms with E-state index in [1.807, 2.05) is 0 Å². The van der Waals surface area contributed by atoms with Crippen molar-refractivity contribution in [1.82, 2.24) is 0 Å². The van der Waals surface area contributed by atoms with Crippen molar-refractivity contribution in [2.24, 2.45) is 0 Å². The quantitative estimate of drug-likeness (QED) is 0.585. The second-order valence-electron chi connectivity index (χ2n) is 3.06. The zero-order valence-corrected chi connectivity index (χ0v) is 9.56. The number of rotatable bonds is 4. The van der Waals surface area contributed by atoms with Crippen LogP contribution >= 0.6 is 15.9 Å². The maximum Gasteiger partial charge on any atom is 0.196 e. The van der Waals surface area contributed by atoms with Gasteiger partial charge in [-0.05, 0) is 22.0 Å². The van der Waals surface area contributed by atoms with Gasteiger partial charge in [-0.3, -0.25) is 0 Å². The van der Waals surface area contributed by atoms with Crippen LogP contribution in [0.1, 0.15) is 0 Å². The highest BCUT2D eigenvalue weighted by Crippen LogP contribution is 2.29. The molecule has 0 spiro atoms. The van der Waals surface area contributed by atoms with Gasteiger partial charge in [-0.2, -0.15) is 0 Å². The van der Waals surface area contributed by atoms with E-state index in [0.29, 0.717) is 0 Å². The first kappa shape index (κ1) is 13.3. The molecule has 0 saturated carbocycles. The van der Waals surface area contributed by atoms with E-state index in [2.05, 4.69) is 21.2 Å². The first-order valence-electron chi connectivity index (χ1n) is 4.33. The summed E-state index contributed by atoms with van der Waals surface area (Å²) in [7, 11) is 0. The molecule has 0 aliphatic rings. The first-order valence-corrected chi connectivity index (χ1v) is 5.12. The lowest BCUT2D eigenvalue weighted by Gasteiger charge is -2.13. The minimum absolute atomic E-state index is 0.00552. The number of hydrogen-bond acceptors (Lipinski definition) is 3. The molecule has 1 aromatic rings. The minimum Gasteiger partial charge on any atom is -0.394 e. The van der Waals surface area contributed by atoms with Gasteiger partial charge in [0.25, 0.3) is 0 Å². The van der Waals surface area contributed by atoms with Crippen molar-refractivity contribution in [3.05, 3.63) is 28.0 Å². The molecule has 90 valence electrons. The van der Waals surface area contributed by atoms with Gasteiger partial charge in [-0.15, -0.1) is 0 Å². The van der Waals surface area contributed by atoms with Crippen LogP contribution < -0.4 is 5.32 Å². The van der Waals surface area contributed by atoms with Crippen molar-refractivity contribution >= 4 is 21.6 Å². The molecule has 0 heterocycles. The Labute approximate surface area is 98.0 Å². The second kappa shape index (κ2) is 5.51. The molecule has 7 heteroatoms. The average Bonchev–Trinajstić information content (AvgIpc) is 2.25. The zero-order chi connectivity index (χ0) is 12.3. The van der Waals surface area contributed by atoms with Gasteiger partial charge in [0.2, 0.25) is 0 Å². The molecule has 3 nitrogen and oxygen atoms in total. The van der Waals surface area contributed by atoms with Crippen LogP contribution in [-0.2, 0) is 0 Å². The lowest BCUT2D eigenvalue weighted by Crippen LogP contribution is -2.23. The Bertz CT molecular complexity index is 390. The van der Waals surface area contributed by atoms with Gasteiger partial charge in [0.05, 0.1) is 18.4 Å². The standard InChI is InChI=1S/C9H9BrF3NO2/c10-5-1-6(11)7(12)8(13)9(5)14-2-4(16)3-15/h1,4,14-16H,2-3H2. The van der Waals surface area contributed by atoms with Crippen molar-refractivity contribution in [3.8, 4) is 0 Å². The second-order valence-corrected chi connectivity index (χ2v) is 3.91. The molecule has 1 aromatic carbocycles. The monoisotopic (exact) mass is 299 g/mol. The fraction of sp³-hybridized carbons (Fsp3) is 0.333. The molecule has 3 N–H and O–H groups in total. The summed E-state index contributed by atoms with van der Waals surface area (Å²) in [5.74, 6) is -4.28. The van der Waals surface area contributed by atoms with E-state index in [9.17, 15) is 13.2 Å². The third-order valence-corrected chi connectivity index (χ3v) is 2.46. The van der Waals surface area contributed by atoms with E-state index in [1.165, 1.54) is 0 Å². The van der Waals surface area contributed by atoms with Crippen molar-refractivity contribution in [1.29, 1.82) is 0 Å². The molecule has 1 rings (SSSR count). The van der Waals surface area contributed by atoms with E-state index >= 15 is 0 Å². The predicted molar refractivity (Wildman–Crippen MR) is 55.6 cm³/mol. The summed E-state index contributed by atoms with van der Waals surface area (Å²) < 4.78 is 38.8. The summed E-state index contributed by atoms with van der Waals surface area (Å²) in [6.45, 7) is -0.701. The lowest BCUT2D eigenvalue weighted by atomic mass is 10.2. The van der Waals surface area contributed by atoms with Crippen molar-refractivity contribution in [3.63, 3.8) is 0 Å². The topological polar surface area (TPSA) is 52.5 Å². The van der Waals surface area contributed by atoms with Gasteiger partial charge in [0.15, 0.2) is 17.5 Å². The van der Waals surface area contributed by atoms with E-state index in [4.69, 9.17) is 10.2 Å².